The van der Waals surface area contributed by atoms with Crippen LogP contribution < -0.4 is 0 Å². The average molecular weight is 313 g/mol. The molecule has 0 aliphatic heterocycles. The molecule has 0 unspecified atom stereocenters. The van der Waals surface area contributed by atoms with E-state index in [-0.39, 0.29) is 10.3 Å². The van der Waals surface area contributed by atoms with Crippen LogP contribution in [-0.4, -0.2) is 18.2 Å². The van der Waals surface area contributed by atoms with Crippen LogP contribution >= 0.6 is 10.7 Å². The molecular weight excluding hydrogens is 296 g/mol. The zero-order valence-corrected chi connectivity index (χ0v) is 13.2. The molecule has 1 heterocycles. The van der Waals surface area contributed by atoms with E-state index < -0.39 is 9.05 Å². The van der Waals surface area contributed by atoms with E-state index in [1.54, 1.807) is 4.68 Å². The van der Waals surface area contributed by atoms with Crippen LogP contribution in [0.5, 0.6) is 0 Å². The third-order valence-corrected chi connectivity index (χ3v) is 4.36. The van der Waals surface area contributed by atoms with Gasteiger partial charge in [-0.3, -0.25) is 4.68 Å². The van der Waals surface area contributed by atoms with Gasteiger partial charge in [-0.05, 0) is 16.5 Å². The first-order valence-corrected chi connectivity index (χ1v) is 8.54. The largest absolute Gasteiger partial charge is 0.267 e. The van der Waals surface area contributed by atoms with Gasteiger partial charge in [0, 0.05) is 16.9 Å². The van der Waals surface area contributed by atoms with Gasteiger partial charge in [0.25, 0.3) is 9.05 Å². The number of benzene rings is 1. The van der Waals surface area contributed by atoms with E-state index in [4.69, 9.17) is 10.7 Å². The summed E-state index contributed by atoms with van der Waals surface area (Å²) >= 11 is 0. The Bertz CT molecular complexity index is 698. The molecule has 0 atom stereocenters. The van der Waals surface area contributed by atoms with Gasteiger partial charge in [0.2, 0.25) is 0 Å². The third kappa shape index (κ3) is 3.61. The summed E-state index contributed by atoms with van der Waals surface area (Å²) in [6, 6.07) is 8.21. The van der Waals surface area contributed by atoms with Crippen LogP contribution in [0.25, 0.3) is 0 Å². The lowest BCUT2D eigenvalue weighted by Gasteiger charge is -2.19. The molecule has 2 aromatic rings. The Morgan fingerprint density at radius 1 is 1.20 bits per heavy atom. The molecule has 4 nitrogen and oxygen atoms in total. The highest BCUT2D eigenvalue weighted by Crippen LogP contribution is 2.22. The molecule has 0 amide bonds. The first-order valence-electron chi connectivity index (χ1n) is 6.23. The van der Waals surface area contributed by atoms with Gasteiger partial charge in [-0.1, -0.05) is 45.0 Å². The van der Waals surface area contributed by atoms with Crippen LogP contribution in [0.2, 0.25) is 0 Å². The summed E-state index contributed by atoms with van der Waals surface area (Å²) in [4.78, 5) is 0.0190. The van der Waals surface area contributed by atoms with Crippen LogP contribution in [0.1, 0.15) is 31.9 Å². The standard InChI is InChI=1S/C14H17ClN2O2S/c1-14(2,3)12-6-4-11(5-7-12)9-17-10-13(8-16-17)20(15,18)19/h4-8,10H,9H2,1-3H3. The highest BCUT2D eigenvalue weighted by Gasteiger charge is 2.14. The number of hydrogen-bond donors (Lipinski definition) is 0. The molecule has 0 aliphatic rings. The molecule has 6 heteroatoms. The van der Waals surface area contributed by atoms with Crippen molar-refractivity contribution in [3.8, 4) is 0 Å². The predicted octanol–water partition coefficient (Wildman–Crippen LogP) is 3.16. The van der Waals surface area contributed by atoms with Crippen molar-refractivity contribution in [3.63, 3.8) is 0 Å². The molecular formula is C14H17ClN2O2S. The lowest BCUT2D eigenvalue weighted by Crippen LogP contribution is -2.11. The number of rotatable bonds is 3. The fourth-order valence-electron chi connectivity index (χ4n) is 1.85. The topological polar surface area (TPSA) is 52.0 Å². The number of hydrogen-bond acceptors (Lipinski definition) is 3. The maximum atomic E-state index is 11.2. The van der Waals surface area contributed by atoms with Gasteiger partial charge >= 0.3 is 0 Å². The third-order valence-electron chi connectivity index (χ3n) is 3.06. The molecule has 0 saturated heterocycles. The van der Waals surface area contributed by atoms with E-state index in [9.17, 15) is 8.42 Å². The van der Waals surface area contributed by atoms with Crippen LogP contribution in [0, 0.1) is 0 Å². The predicted molar refractivity (Wildman–Crippen MR) is 79.5 cm³/mol. The molecule has 0 bridgehead atoms. The second-order valence-corrected chi connectivity index (χ2v) is 8.32. The number of nitrogens with zero attached hydrogens (tertiary/aromatic N) is 2. The molecule has 0 spiro atoms. The van der Waals surface area contributed by atoms with Gasteiger partial charge in [-0.25, -0.2) is 8.42 Å². The monoisotopic (exact) mass is 312 g/mol. The second kappa shape index (κ2) is 5.22. The zero-order chi connectivity index (χ0) is 15.0. The van der Waals surface area contributed by atoms with Gasteiger partial charge in [0.05, 0.1) is 12.7 Å². The van der Waals surface area contributed by atoms with Crippen molar-refractivity contribution < 1.29 is 8.42 Å². The van der Waals surface area contributed by atoms with E-state index in [1.807, 2.05) is 12.1 Å². The molecule has 0 radical (unpaired) electrons. The molecule has 0 fully saturated rings. The lowest BCUT2D eigenvalue weighted by atomic mass is 9.87. The summed E-state index contributed by atoms with van der Waals surface area (Å²) in [6.07, 6.45) is 2.69. The van der Waals surface area contributed by atoms with Gasteiger partial charge in [-0.15, -0.1) is 0 Å². The van der Waals surface area contributed by atoms with Crippen LogP contribution in [0.15, 0.2) is 41.6 Å². The van der Waals surface area contributed by atoms with Crippen molar-refractivity contribution in [1.82, 2.24) is 9.78 Å². The minimum Gasteiger partial charge on any atom is -0.267 e. The van der Waals surface area contributed by atoms with E-state index in [1.165, 1.54) is 18.0 Å². The Labute approximate surface area is 123 Å². The SMILES string of the molecule is CC(C)(C)c1ccc(Cn2cc(S(=O)(=O)Cl)cn2)cc1. The van der Waals surface area contributed by atoms with E-state index >= 15 is 0 Å². The van der Waals surface area contributed by atoms with Gasteiger partial charge in [-0.2, -0.15) is 5.10 Å². The van der Waals surface area contributed by atoms with Crippen molar-refractivity contribution in [2.45, 2.75) is 37.6 Å². The molecule has 108 valence electrons. The normalized spacial score (nSPS) is 12.6. The number of halogens is 1. The Balaban J connectivity index is 2.17. The van der Waals surface area contributed by atoms with Crippen molar-refractivity contribution in [2.75, 3.05) is 0 Å². The summed E-state index contributed by atoms with van der Waals surface area (Å²) in [5, 5.41) is 4.00. The quantitative estimate of drug-likeness (QED) is 0.818. The average Bonchev–Trinajstić information content (AvgIpc) is 2.77. The molecule has 20 heavy (non-hydrogen) atoms. The first-order chi connectivity index (χ1) is 9.16. The number of aromatic nitrogens is 2. The van der Waals surface area contributed by atoms with Crippen molar-refractivity contribution in [3.05, 3.63) is 47.8 Å². The Morgan fingerprint density at radius 3 is 2.25 bits per heavy atom. The lowest BCUT2D eigenvalue weighted by molar-refractivity contribution is 0.589. The van der Waals surface area contributed by atoms with E-state index in [0.717, 1.165) is 5.56 Å². The summed E-state index contributed by atoms with van der Waals surface area (Å²) in [6.45, 7) is 6.99. The second-order valence-electron chi connectivity index (χ2n) is 5.76. The Morgan fingerprint density at radius 2 is 1.80 bits per heavy atom. The molecule has 0 N–H and O–H groups in total. The summed E-state index contributed by atoms with van der Waals surface area (Å²) < 4.78 is 23.9. The fraction of sp³-hybridized carbons (Fsp3) is 0.357. The van der Waals surface area contributed by atoms with Gasteiger partial charge < -0.3 is 0 Å². The molecule has 0 aliphatic carbocycles. The molecule has 1 aromatic heterocycles. The van der Waals surface area contributed by atoms with Crippen LogP contribution in [0.4, 0.5) is 0 Å². The summed E-state index contributed by atoms with van der Waals surface area (Å²) in [7, 11) is 1.55. The Kier molecular flexibility index (Phi) is 3.93. The van der Waals surface area contributed by atoms with Crippen LogP contribution in [0.3, 0.4) is 0 Å². The maximum Gasteiger partial charge on any atom is 0.264 e. The minimum absolute atomic E-state index is 0.0190. The highest BCUT2D eigenvalue weighted by atomic mass is 35.7. The van der Waals surface area contributed by atoms with Crippen molar-refractivity contribution in [1.29, 1.82) is 0 Å². The minimum atomic E-state index is -3.71. The van der Waals surface area contributed by atoms with E-state index in [2.05, 4.69) is 38.0 Å². The first kappa shape index (κ1) is 15.1. The highest BCUT2D eigenvalue weighted by molar-refractivity contribution is 8.13. The zero-order valence-electron chi connectivity index (χ0n) is 11.7. The summed E-state index contributed by atoms with van der Waals surface area (Å²) in [5.74, 6) is 0. The van der Waals surface area contributed by atoms with Crippen molar-refractivity contribution >= 4 is 19.7 Å². The maximum absolute atomic E-state index is 11.2. The fourth-order valence-corrected chi connectivity index (χ4v) is 2.51. The molecule has 2 rings (SSSR count). The molecule has 0 saturated carbocycles. The summed E-state index contributed by atoms with van der Waals surface area (Å²) in [5.41, 5.74) is 2.43. The smallest absolute Gasteiger partial charge is 0.264 e. The van der Waals surface area contributed by atoms with E-state index in [0.29, 0.717) is 6.54 Å². The Hall–Kier alpha value is -1.33. The molecule has 1 aromatic carbocycles. The van der Waals surface area contributed by atoms with Crippen LogP contribution in [-0.2, 0) is 21.0 Å². The van der Waals surface area contributed by atoms with Crippen molar-refractivity contribution in [2.24, 2.45) is 0 Å². The van der Waals surface area contributed by atoms with Gasteiger partial charge in [0.15, 0.2) is 0 Å². The van der Waals surface area contributed by atoms with Gasteiger partial charge in [0.1, 0.15) is 4.90 Å².